The lowest BCUT2D eigenvalue weighted by Crippen LogP contribution is -2.37. The average molecular weight is 145 g/mol. The molecule has 0 fully saturated rings. The first kappa shape index (κ1) is 12.6. The van der Waals surface area contributed by atoms with Gasteiger partial charge in [0.15, 0.2) is 0 Å². The first-order chi connectivity index (χ1) is 4.62. The quantitative estimate of drug-likeness (QED) is 0.644. The van der Waals surface area contributed by atoms with Gasteiger partial charge in [-0.2, -0.15) is 0 Å². The van der Waals surface area contributed by atoms with Crippen molar-refractivity contribution in [2.24, 2.45) is 0 Å². The third kappa shape index (κ3) is 7.96. The van der Waals surface area contributed by atoms with Gasteiger partial charge in [-0.15, -0.1) is 0 Å². The first-order valence-electron chi connectivity index (χ1n) is 4.37. The third-order valence-electron chi connectivity index (χ3n) is 1.54. The van der Waals surface area contributed by atoms with Crippen molar-refractivity contribution in [3.8, 4) is 0 Å². The van der Waals surface area contributed by atoms with Crippen LogP contribution in [0.3, 0.4) is 0 Å². The van der Waals surface area contributed by atoms with Crippen molar-refractivity contribution >= 4 is 0 Å². The van der Waals surface area contributed by atoms with Crippen LogP contribution in [0.1, 0.15) is 48.0 Å². The normalized spacial score (nSPS) is 10.2. The molecule has 10 heavy (non-hydrogen) atoms. The Morgan fingerprint density at radius 3 is 1.60 bits per heavy atom. The molecule has 1 nitrogen and oxygen atoms in total. The molecule has 0 aliphatic carbocycles. The second-order valence-corrected chi connectivity index (χ2v) is 2.77. The van der Waals surface area contributed by atoms with Crippen LogP contribution in [0.25, 0.3) is 0 Å². The van der Waals surface area contributed by atoms with Crippen LogP contribution in [0.4, 0.5) is 0 Å². The molecule has 0 saturated heterocycles. The molecule has 0 saturated carbocycles. The molecule has 0 aromatic heterocycles. The predicted molar refractivity (Wildman–Crippen MR) is 49.4 cm³/mol. The summed E-state index contributed by atoms with van der Waals surface area (Å²) < 4.78 is 0. The molecule has 1 N–H and O–H groups in total. The molecule has 0 amide bonds. The van der Waals surface area contributed by atoms with Crippen molar-refractivity contribution in [1.29, 1.82) is 0 Å². The molecule has 64 valence electrons. The monoisotopic (exact) mass is 145 g/mol. The Balaban J connectivity index is 0. The van der Waals surface area contributed by atoms with E-state index in [0.717, 1.165) is 6.54 Å². The number of hydrogen-bond acceptors (Lipinski definition) is 1. The van der Waals surface area contributed by atoms with Crippen LogP contribution in [0.2, 0.25) is 0 Å². The number of nitrogens with one attached hydrogen (secondary N) is 1. The van der Waals surface area contributed by atoms with Gasteiger partial charge in [0.25, 0.3) is 0 Å². The smallest absolute Gasteiger partial charge is 0.0122 e. The summed E-state index contributed by atoms with van der Waals surface area (Å²) >= 11 is 0. The van der Waals surface area contributed by atoms with E-state index < -0.39 is 0 Å². The van der Waals surface area contributed by atoms with E-state index in [1.165, 1.54) is 6.42 Å². The highest BCUT2D eigenvalue weighted by Gasteiger charge is 2.10. The fraction of sp³-hybridized carbons (Fsp3) is 1.00. The lowest BCUT2D eigenvalue weighted by molar-refractivity contribution is 0.387. The van der Waals surface area contributed by atoms with Gasteiger partial charge < -0.3 is 5.32 Å². The molecular formula is C9H23N. The fourth-order valence-corrected chi connectivity index (χ4v) is 0.604. The van der Waals surface area contributed by atoms with Crippen molar-refractivity contribution in [2.45, 2.75) is 53.5 Å². The molecule has 0 rings (SSSR count). The summed E-state index contributed by atoms with van der Waals surface area (Å²) in [7, 11) is 0. The topological polar surface area (TPSA) is 12.0 Å². The highest BCUT2D eigenvalue weighted by Crippen LogP contribution is 2.04. The van der Waals surface area contributed by atoms with Gasteiger partial charge in [-0.3, -0.25) is 0 Å². The molecule has 0 spiro atoms. The van der Waals surface area contributed by atoms with Crippen LogP contribution in [0, 0.1) is 0 Å². The van der Waals surface area contributed by atoms with E-state index in [2.05, 4.69) is 33.0 Å². The van der Waals surface area contributed by atoms with Crippen LogP contribution in [-0.2, 0) is 0 Å². The summed E-state index contributed by atoms with van der Waals surface area (Å²) in [5, 5.41) is 3.37. The lowest BCUT2D eigenvalue weighted by atomic mass is 10.0. The van der Waals surface area contributed by atoms with Crippen molar-refractivity contribution in [1.82, 2.24) is 5.32 Å². The van der Waals surface area contributed by atoms with Crippen LogP contribution in [0.15, 0.2) is 0 Å². The Hall–Kier alpha value is -0.0400. The Labute approximate surface area is 66.2 Å². The minimum Gasteiger partial charge on any atom is -0.312 e. The van der Waals surface area contributed by atoms with Gasteiger partial charge in [-0.25, -0.2) is 0 Å². The summed E-state index contributed by atoms with van der Waals surface area (Å²) in [5.74, 6) is 0. The van der Waals surface area contributed by atoms with Crippen molar-refractivity contribution in [3.63, 3.8) is 0 Å². The van der Waals surface area contributed by atoms with Crippen molar-refractivity contribution in [2.75, 3.05) is 6.54 Å². The van der Waals surface area contributed by atoms with Gasteiger partial charge in [0.1, 0.15) is 0 Å². The minimum absolute atomic E-state index is 0.342. The molecule has 0 unspecified atom stereocenters. The molecule has 1 heteroatoms. The maximum absolute atomic E-state index is 3.37. The highest BCUT2D eigenvalue weighted by molar-refractivity contribution is 4.73. The minimum atomic E-state index is 0.342. The second kappa shape index (κ2) is 7.07. The van der Waals surface area contributed by atoms with E-state index in [1.54, 1.807) is 0 Å². The largest absolute Gasteiger partial charge is 0.312 e. The van der Waals surface area contributed by atoms with Crippen LogP contribution < -0.4 is 5.32 Å². The molecule has 0 aromatic rings. The molecule has 0 aliphatic rings. The predicted octanol–water partition coefficient (Wildman–Crippen LogP) is 2.81. The molecule has 0 radical (unpaired) electrons. The zero-order valence-corrected chi connectivity index (χ0v) is 8.41. The van der Waals surface area contributed by atoms with Gasteiger partial charge >= 0.3 is 0 Å². The van der Waals surface area contributed by atoms with Gasteiger partial charge in [0.05, 0.1) is 0 Å². The molecule has 0 bridgehead atoms. The van der Waals surface area contributed by atoms with Crippen LogP contribution in [-0.4, -0.2) is 12.1 Å². The average Bonchev–Trinajstić information content (AvgIpc) is 1.93. The van der Waals surface area contributed by atoms with E-state index >= 15 is 0 Å². The fourth-order valence-electron chi connectivity index (χ4n) is 0.604. The molecule has 0 atom stereocenters. The van der Waals surface area contributed by atoms with E-state index in [1.807, 2.05) is 13.8 Å². The van der Waals surface area contributed by atoms with Gasteiger partial charge in [0.2, 0.25) is 0 Å². The van der Waals surface area contributed by atoms with Crippen molar-refractivity contribution < 1.29 is 0 Å². The SMILES string of the molecule is CC.CCNC(C)(C)CC. The summed E-state index contributed by atoms with van der Waals surface area (Å²) in [6.07, 6.45) is 1.20. The summed E-state index contributed by atoms with van der Waals surface area (Å²) in [4.78, 5) is 0. The number of rotatable bonds is 3. The zero-order valence-electron chi connectivity index (χ0n) is 8.41. The number of hydrogen-bond donors (Lipinski definition) is 1. The molecule has 0 aliphatic heterocycles. The Morgan fingerprint density at radius 1 is 1.10 bits per heavy atom. The van der Waals surface area contributed by atoms with Crippen molar-refractivity contribution in [3.05, 3.63) is 0 Å². The second-order valence-electron chi connectivity index (χ2n) is 2.77. The highest BCUT2D eigenvalue weighted by atomic mass is 14.9. The first-order valence-corrected chi connectivity index (χ1v) is 4.37. The zero-order chi connectivity index (χ0) is 8.62. The van der Waals surface area contributed by atoms with Gasteiger partial charge in [0, 0.05) is 5.54 Å². The maximum Gasteiger partial charge on any atom is 0.0122 e. The van der Waals surface area contributed by atoms with E-state index in [4.69, 9.17) is 0 Å². The summed E-state index contributed by atoms with van der Waals surface area (Å²) in [6, 6.07) is 0. The van der Waals surface area contributed by atoms with E-state index in [9.17, 15) is 0 Å². The third-order valence-corrected chi connectivity index (χ3v) is 1.54. The van der Waals surface area contributed by atoms with Crippen LogP contribution >= 0.6 is 0 Å². The molecule has 0 heterocycles. The van der Waals surface area contributed by atoms with E-state index in [0.29, 0.717) is 5.54 Å². The Morgan fingerprint density at radius 2 is 1.50 bits per heavy atom. The Bertz CT molecular complexity index is 57.7. The lowest BCUT2D eigenvalue weighted by Gasteiger charge is -2.23. The Kier molecular flexibility index (Phi) is 8.92. The molecular weight excluding hydrogens is 122 g/mol. The van der Waals surface area contributed by atoms with Crippen LogP contribution in [0.5, 0.6) is 0 Å². The van der Waals surface area contributed by atoms with Gasteiger partial charge in [-0.1, -0.05) is 27.7 Å². The summed E-state index contributed by atoms with van der Waals surface area (Å²) in [6.45, 7) is 13.8. The standard InChI is InChI=1S/C7H17N.C2H6/c1-5-7(3,4)8-6-2;1-2/h8H,5-6H2,1-4H3;1-2H3. The van der Waals surface area contributed by atoms with Gasteiger partial charge in [-0.05, 0) is 26.8 Å². The molecule has 0 aromatic carbocycles. The van der Waals surface area contributed by atoms with E-state index in [-0.39, 0.29) is 0 Å². The maximum atomic E-state index is 3.37. The summed E-state index contributed by atoms with van der Waals surface area (Å²) in [5.41, 5.74) is 0.342.